The number of halogens is 2. The van der Waals surface area contributed by atoms with Crippen LogP contribution in [0.2, 0.25) is 0 Å². The van der Waals surface area contributed by atoms with Gasteiger partial charge in [0.1, 0.15) is 0 Å². The van der Waals surface area contributed by atoms with Crippen LogP contribution in [0.25, 0.3) is 0 Å². The fourth-order valence-electron chi connectivity index (χ4n) is 0.704. The predicted molar refractivity (Wildman–Crippen MR) is 28.4 cm³/mol. The molecule has 0 spiro atoms. The van der Waals surface area contributed by atoms with E-state index in [-0.39, 0.29) is 13.2 Å². The molecule has 9 heavy (non-hydrogen) atoms. The monoisotopic (exact) mass is 137 g/mol. The van der Waals surface area contributed by atoms with Gasteiger partial charge in [0.2, 0.25) is 0 Å². The molecule has 1 heterocycles. The van der Waals surface area contributed by atoms with Crippen molar-refractivity contribution in [2.75, 3.05) is 19.7 Å². The van der Waals surface area contributed by atoms with Crippen molar-refractivity contribution < 1.29 is 13.5 Å². The Labute approximate surface area is 52.2 Å². The SMILES string of the molecule is FC1(F)CNCCCO1. The van der Waals surface area contributed by atoms with Crippen molar-refractivity contribution in [3.63, 3.8) is 0 Å². The molecule has 0 amide bonds. The lowest BCUT2D eigenvalue weighted by Crippen LogP contribution is -2.32. The maximum absolute atomic E-state index is 12.2. The number of alkyl halides is 2. The standard InChI is InChI=1S/C5H9F2NO/c6-5(7)4-8-2-1-3-9-5/h8H,1-4H2. The van der Waals surface area contributed by atoms with Crippen LogP contribution >= 0.6 is 0 Å². The Balaban J connectivity index is 2.36. The Bertz CT molecular complexity index is 87.0. The van der Waals surface area contributed by atoms with E-state index in [1.165, 1.54) is 0 Å². The largest absolute Gasteiger partial charge is 0.368 e. The molecule has 1 N–H and O–H groups in total. The minimum atomic E-state index is -2.95. The molecule has 0 unspecified atom stereocenters. The molecule has 2 nitrogen and oxygen atoms in total. The topological polar surface area (TPSA) is 21.3 Å². The molecule has 0 bridgehead atoms. The Hall–Kier alpha value is -0.220. The van der Waals surface area contributed by atoms with E-state index in [9.17, 15) is 8.78 Å². The van der Waals surface area contributed by atoms with Crippen molar-refractivity contribution in [3.8, 4) is 0 Å². The summed E-state index contributed by atoms with van der Waals surface area (Å²) in [6.07, 6.45) is -2.29. The maximum Gasteiger partial charge on any atom is 0.368 e. The smallest absolute Gasteiger partial charge is 0.319 e. The van der Waals surface area contributed by atoms with Crippen LogP contribution in [0.5, 0.6) is 0 Å². The lowest BCUT2D eigenvalue weighted by molar-refractivity contribution is -0.227. The molecular formula is C5H9F2NO. The quantitative estimate of drug-likeness (QED) is 0.527. The van der Waals surface area contributed by atoms with Crippen molar-refractivity contribution in [1.82, 2.24) is 5.32 Å². The van der Waals surface area contributed by atoms with E-state index in [2.05, 4.69) is 10.1 Å². The molecule has 0 saturated carbocycles. The molecule has 1 saturated heterocycles. The molecule has 0 atom stereocenters. The zero-order valence-corrected chi connectivity index (χ0v) is 4.99. The predicted octanol–water partition coefficient (Wildman–Crippen LogP) is 0.589. The van der Waals surface area contributed by atoms with E-state index in [0.29, 0.717) is 13.0 Å². The summed E-state index contributed by atoms with van der Waals surface area (Å²) in [5.41, 5.74) is 0. The zero-order valence-electron chi connectivity index (χ0n) is 4.99. The van der Waals surface area contributed by atoms with Gasteiger partial charge in [-0.05, 0) is 13.0 Å². The van der Waals surface area contributed by atoms with Crippen molar-refractivity contribution >= 4 is 0 Å². The summed E-state index contributed by atoms with van der Waals surface area (Å²) in [5, 5.41) is 2.56. The third-order valence-corrected chi connectivity index (χ3v) is 1.14. The Morgan fingerprint density at radius 3 is 3.00 bits per heavy atom. The second-order valence-electron chi connectivity index (χ2n) is 2.02. The van der Waals surface area contributed by atoms with Crippen LogP contribution in [0, 0.1) is 0 Å². The second-order valence-corrected chi connectivity index (χ2v) is 2.02. The number of ether oxygens (including phenoxy) is 1. The summed E-state index contributed by atoms with van der Waals surface area (Å²) < 4.78 is 28.6. The highest BCUT2D eigenvalue weighted by molar-refractivity contribution is 4.61. The van der Waals surface area contributed by atoms with Gasteiger partial charge in [-0.15, -0.1) is 0 Å². The van der Waals surface area contributed by atoms with E-state index >= 15 is 0 Å². The molecule has 0 aromatic rings. The van der Waals surface area contributed by atoms with Gasteiger partial charge in [-0.1, -0.05) is 0 Å². The van der Waals surface area contributed by atoms with Crippen molar-refractivity contribution in [2.45, 2.75) is 12.5 Å². The first-order valence-electron chi connectivity index (χ1n) is 2.93. The van der Waals surface area contributed by atoms with E-state index < -0.39 is 6.11 Å². The molecule has 0 aliphatic carbocycles. The Morgan fingerprint density at radius 2 is 2.22 bits per heavy atom. The molecule has 1 rings (SSSR count). The van der Waals surface area contributed by atoms with Crippen LogP contribution in [0.3, 0.4) is 0 Å². The number of hydrogen-bond acceptors (Lipinski definition) is 2. The molecule has 0 aromatic heterocycles. The van der Waals surface area contributed by atoms with Gasteiger partial charge in [0, 0.05) is 0 Å². The third kappa shape index (κ3) is 2.24. The van der Waals surface area contributed by atoms with Crippen LogP contribution in [0.4, 0.5) is 8.78 Å². The van der Waals surface area contributed by atoms with Crippen LogP contribution in [-0.2, 0) is 4.74 Å². The van der Waals surface area contributed by atoms with Crippen LogP contribution in [0.1, 0.15) is 6.42 Å². The molecule has 1 fully saturated rings. The lowest BCUT2D eigenvalue weighted by atomic mass is 10.5. The van der Waals surface area contributed by atoms with Gasteiger partial charge in [-0.2, -0.15) is 8.78 Å². The fraction of sp³-hybridized carbons (Fsp3) is 1.00. The molecule has 0 radical (unpaired) electrons. The van der Waals surface area contributed by atoms with Gasteiger partial charge in [0.25, 0.3) is 0 Å². The first-order valence-corrected chi connectivity index (χ1v) is 2.93. The van der Waals surface area contributed by atoms with Gasteiger partial charge < -0.3 is 10.1 Å². The number of nitrogens with one attached hydrogen (secondary N) is 1. The highest BCUT2D eigenvalue weighted by atomic mass is 19.3. The maximum atomic E-state index is 12.2. The summed E-state index contributed by atoms with van der Waals surface area (Å²) in [5.74, 6) is 0. The van der Waals surface area contributed by atoms with Crippen LogP contribution in [-0.4, -0.2) is 25.8 Å². The van der Waals surface area contributed by atoms with Gasteiger partial charge in [0.15, 0.2) is 0 Å². The minimum Gasteiger partial charge on any atom is -0.319 e. The molecular weight excluding hydrogens is 128 g/mol. The summed E-state index contributed by atoms with van der Waals surface area (Å²) in [7, 11) is 0. The van der Waals surface area contributed by atoms with Gasteiger partial charge >= 0.3 is 6.11 Å². The number of rotatable bonds is 0. The highest BCUT2D eigenvalue weighted by Crippen LogP contribution is 2.15. The fourth-order valence-corrected chi connectivity index (χ4v) is 0.704. The van der Waals surface area contributed by atoms with Gasteiger partial charge in [-0.25, -0.2) is 0 Å². The Kier molecular flexibility index (Phi) is 1.97. The highest BCUT2D eigenvalue weighted by Gasteiger charge is 2.30. The molecule has 4 heteroatoms. The van der Waals surface area contributed by atoms with Gasteiger partial charge in [-0.3, -0.25) is 0 Å². The average molecular weight is 137 g/mol. The molecule has 0 aromatic carbocycles. The van der Waals surface area contributed by atoms with Gasteiger partial charge in [0.05, 0.1) is 13.2 Å². The molecule has 1 aliphatic heterocycles. The normalized spacial score (nSPS) is 27.3. The summed E-state index contributed by atoms with van der Waals surface area (Å²) in [6.45, 7) is 0.419. The van der Waals surface area contributed by atoms with E-state index in [0.717, 1.165) is 0 Å². The lowest BCUT2D eigenvalue weighted by Gasteiger charge is -2.11. The minimum absolute atomic E-state index is 0.153. The van der Waals surface area contributed by atoms with E-state index in [1.807, 2.05) is 0 Å². The van der Waals surface area contributed by atoms with Crippen molar-refractivity contribution in [3.05, 3.63) is 0 Å². The molecule has 1 aliphatic rings. The summed E-state index contributed by atoms with van der Waals surface area (Å²) >= 11 is 0. The zero-order chi connectivity index (χ0) is 6.74. The number of hydrogen-bond donors (Lipinski definition) is 1. The first kappa shape index (κ1) is 6.89. The summed E-state index contributed by atoms with van der Waals surface area (Å²) in [4.78, 5) is 0. The van der Waals surface area contributed by atoms with E-state index in [4.69, 9.17) is 0 Å². The summed E-state index contributed by atoms with van der Waals surface area (Å²) in [6, 6.07) is 0. The van der Waals surface area contributed by atoms with E-state index in [1.54, 1.807) is 0 Å². The molecule has 54 valence electrons. The average Bonchev–Trinajstić information content (AvgIpc) is 1.92. The van der Waals surface area contributed by atoms with Crippen LogP contribution < -0.4 is 5.32 Å². The third-order valence-electron chi connectivity index (χ3n) is 1.14. The second kappa shape index (κ2) is 2.58. The van der Waals surface area contributed by atoms with Crippen molar-refractivity contribution in [1.29, 1.82) is 0 Å². The van der Waals surface area contributed by atoms with Crippen molar-refractivity contribution in [2.24, 2.45) is 0 Å². The van der Waals surface area contributed by atoms with Crippen LogP contribution in [0.15, 0.2) is 0 Å². The Morgan fingerprint density at radius 1 is 1.44 bits per heavy atom. The first-order chi connectivity index (χ1) is 4.21.